The van der Waals surface area contributed by atoms with Crippen molar-refractivity contribution >= 4 is 9.84 Å². The van der Waals surface area contributed by atoms with Crippen molar-refractivity contribution in [2.24, 2.45) is 5.92 Å². The van der Waals surface area contributed by atoms with Crippen LogP contribution in [-0.2, 0) is 9.84 Å². The van der Waals surface area contributed by atoms with Crippen molar-refractivity contribution in [3.63, 3.8) is 0 Å². The minimum atomic E-state index is -2.72. The van der Waals surface area contributed by atoms with Gasteiger partial charge in [0.05, 0.1) is 11.5 Å². The maximum absolute atomic E-state index is 11.1. The van der Waals surface area contributed by atoms with Crippen LogP contribution in [0.1, 0.15) is 12.8 Å². The second kappa shape index (κ2) is 4.24. The number of hydrogen-bond donors (Lipinski definition) is 1. The van der Waals surface area contributed by atoms with E-state index in [9.17, 15) is 8.42 Å². The molecule has 1 rings (SSSR count). The van der Waals surface area contributed by atoms with Crippen LogP contribution in [0.5, 0.6) is 0 Å². The lowest BCUT2D eigenvalue weighted by Crippen LogP contribution is -2.13. The fourth-order valence-corrected chi connectivity index (χ4v) is 3.63. The van der Waals surface area contributed by atoms with Crippen LogP contribution in [0, 0.1) is 5.92 Å². The van der Waals surface area contributed by atoms with Gasteiger partial charge in [0.25, 0.3) is 0 Å². The molecule has 1 aliphatic rings. The molecule has 0 aromatic heterocycles. The summed E-state index contributed by atoms with van der Waals surface area (Å²) >= 11 is 0. The number of sulfone groups is 1. The molecule has 13 heavy (non-hydrogen) atoms. The third kappa shape index (κ3) is 3.48. The third-order valence-electron chi connectivity index (χ3n) is 2.33. The number of rotatable bonds is 4. The zero-order valence-electron chi connectivity index (χ0n) is 8.04. The van der Waals surface area contributed by atoms with E-state index in [1.807, 2.05) is 7.05 Å². The molecule has 1 N–H and O–H groups in total. The minimum Gasteiger partial charge on any atom is -0.316 e. The highest BCUT2D eigenvalue weighted by molar-refractivity contribution is 7.91. The van der Waals surface area contributed by atoms with Gasteiger partial charge in [-0.1, -0.05) is 12.2 Å². The SMILES string of the molecule is C=C(CNC)CC1CCS(=O)(=O)C1. The predicted molar refractivity (Wildman–Crippen MR) is 54.4 cm³/mol. The quantitative estimate of drug-likeness (QED) is 0.680. The van der Waals surface area contributed by atoms with E-state index in [2.05, 4.69) is 11.9 Å². The Morgan fingerprint density at radius 2 is 2.31 bits per heavy atom. The molecule has 1 atom stereocenters. The van der Waals surface area contributed by atoms with E-state index in [0.29, 0.717) is 17.4 Å². The van der Waals surface area contributed by atoms with Crippen LogP contribution in [0.3, 0.4) is 0 Å². The van der Waals surface area contributed by atoms with Gasteiger partial charge >= 0.3 is 0 Å². The van der Waals surface area contributed by atoms with Crippen LogP contribution in [-0.4, -0.2) is 33.5 Å². The second-order valence-electron chi connectivity index (χ2n) is 3.75. The zero-order chi connectivity index (χ0) is 9.90. The summed E-state index contributed by atoms with van der Waals surface area (Å²) < 4.78 is 22.3. The number of likely N-dealkylation sites (N-methyl/N-ethyl adjacent to an activating group) is 1. The molecule has 1 unspecified atom stereocenters. The predicted octanol–water partition coefficient (Wildman–Crippen LogP) is 0.587. The Bertz CT molecular complexity index is 282. The van der Waals surface area contributed by atoms with Gasteiger partial charge in [-0.15, -0.1) is 0 Å². The topological polar surface area (TPSA) is 46.2 Å². The van der Waals surface area contributed by atoms with Crippen molar-refractivity contribution < 1.29 is 8.42 Å². The van der Waals surface area contributed by atoms with E-state index >= 15 is 0 Å². The molecule has 0 spiro atoms. The molecule has 1 heterocycles. The molecule has 0 radical (unpaired) electrons. The first kappa shape index (κ1) is 10.7. The van der Waals surface area contributed by atoms with Crippen LogP contribution in [0.2, 0.25) is 0 Å². The largest absolute Gasteiger partial charge is 0.316 e. The Morgan fingerprint density at radius 1 is 1.62 bits per heavy atom. The zero-order valence-corrected chi connectivity index (χ0v) is 8.86. The van der Waals surface area contributed by atoms with Crippen molar-refractivity contribution in [1.29, 1.82) is 0 Å². The minimum absolute atomic E-state index is 0.311. The molecule has 1 aliphatic heterocycles. The van der Waals surface area contributed by atoms with Crippen molar-refractivity contribution in [3.05, 3.63) is 12.2 Å². The lowest BCUT2D eigenvalue weighted by Gasteiger charge is -2.09. The van der Waals surface area contributed by atoms with Gasteiger partial charge in [-0.25, -0.2) is 8.42 Å². The smallest absolute Gasteiger partial charge is 0.150 e. The summed E-state index contributed by atoms with van der Waals surface area (Å²) in [4.78, 5) is 0. The first-order valence-electron chi connectivity index (χ1n) is 4.55. The summed E-state index contributed by atoms with van der Waals surface area (Å²) in [7, 11) is -0.846. The van der Waals surface area contributed by atoms with Gasteiger partial charge in [-0.05, 0) is 25.8 Å². The first-order chi connectivity index (χ1) is 6.03. The Kier molecular flexibility index (Phi) is 3.50. The van der Waals surface area contributed by atoms with Crippen LogP contribution in [0.15, 0.2) is 12.2 Å². The number of hydrogen-bond acceptors (Lipinski definition) is 3. The summed E-state index contributed by atoms with van der Waals surface area (Å²) in [5.74, 6) is 1.03. The van der Waals surface area contributed by atoms with E-state index in [1.54, 1.807) is 0 Å². The van der Waals surface area contributed by atoms with Crippen LogP contribution in [0.25, 0.3) is 0 Å². The van der Waals surface area contributed by atoms with Gasteiger partial charge in [-0.3, -0.25) is 0 Å². The highest BCUT2D eigenvalue weighted by atomic mass is 32.2. The lowest BCUT2D eigenvalue weighted by molar-refractivity contribution is 0.573. The standard InChI is InChI=1S/C9H17NO2S/c1-8(6-10-2)5-9-3-4-13(11,12)7-9/h9-10H,1,3-7H2,2H3. The normalized spacial score (nSPS) is 26.1. The molecule has 0 saturated carbocycles. The molecule has 4 heteroatoms. The van der Waals surface area contributed by atoms with Crippen LogP contribution in [0.4, 0.5) is 0 Å². The summed E-state index contributed by atoms with van der Waals surface area (Å²) in [6, 6.07) is 0. The fraction of sp³-hybridized carbons (Fsp3) is 0.778. The first-order valence-corrected chi connectivity index (χ1v) is 6.37. The van der Waals surface area contributed by atoms with Gasteiger partial charge in [0.15, 0.2) is 9.84 Å². The maximum atomic E-state index is 11.1. The summed E-state index contributed by atoms with van der Waals surface area (Å²) in [5, 5.41) is 3.01. The second-order valence-corrected chi connectivity index (χ2v) is 5.98. The Morgan fingerprint density at radius 3 is 2.77 bits per heavy atom. The van der Waals surface area contributed by atoms with Gasteiger partial charge in [0.2, 0.25) is 0 Å². The average molecular weight is 203 g/mol. The van der Waals surface area contributed by atoms with Crippen LogP contribution < -0.4 is 5.32 Å². The molecule has 0 aliphatic carbocycles. The highest BCUT2D eigenvalue weighted by Crippen LogP contribution is 2.23. The Balaban J connectivity index is 2.36. The van der Waals surface area contributed by atoms with E-state index in [1.165, 1.54) is 0 Å². The van der Waals surface area contributed by atoms with E-state index in [0.717, 1.165) is 25.0 Å². The lowest BCUT2D eigenvalue weighted by atomic mass is 10.00. The van der Waals surface area contributed by atoms with Crippen LogP contribution >= 0.6 is 0 Å². The van der Waals surface area contributed by atoms with E-state index in [4.69, 9.17) is 0 Å². The number of nitrogens with one attached hydrogen (secondary N) is 1. The summed E-state index contributed by atoms with van der Waals surface area (Å²) in [6.45, 7) is 4.69. The van der Waals surface area contributed by atoms with Gasteiger partial charge in [0.1, 0.15) is 0 Å². The van der Waals surface area contributed by atoms with Crippen molar-refractivity contribution in [2.45, 2.75) is 12.8 Å². The van der Waals surface area contributed by atoms with E-state index < -0.39 is 9.84 Å². The molecular formula is C9H17NO2S. The molecule has 1 saturated heterocycles. The van der Waals surface area contributed by atoms with E-state index in [-0.39, 0.29) is 0 Å². The monoisotopic (exact) mass is 203 g/mol. The summed E-state index contributed by atoms with van der Waals surface area (Å²) in [5.41, 5.74) is 1.10. The Hall–Kier alpha value is -0.350. The maximum Gasteiger partial charge on any atom is 0.150 e. The average Bonchev–Trinajstić information content (AvgIpc) is 2.30. The summed E-state index contributed by atoms with van der Waals surface area (Å²) in [6.07, 6.45) is 1.66. The Labute approximate surface area is 80.1 Å². The molecule has 0 aromatic carbocycles. The molecule has 76 valence electrons. The van der Waals surface area contributed by atoms with Crippen molar-refractivity contribution in [2.75, 3.05) is 25.1 Å². The van der Waals surface area contributed by atoms with Gasteiger partial charge in [0, 0.05) is 6.54 Å². The molecular weight excluding hydrogens is 186 g/mol. The molecule has 3 nitrogen and oxygen atoms in total. The van der Waals surface area contributed by atoms with Gasteiger partial charge in [-0.2, -0.15) is 0 Å². The molecule has 0 aromatic rings. The van der Waals surface area contributed by atoms with Crippen molar-refractivity contribution in [1.82, 2.24) is 5.32 Å². The van der Waals surface area contributed by atoms with Crippen molar-refractivity contribution in [3.8, 4) is 0 Å². The molecule has 0 bridgehead atoms. The fourth-order valence-electron chi connectivity index (χ4n) is 1.76. The molecule has 0 amide bonds. The highest BCUT2D eigenvalue weighted by Gasteiger charge is 2.27. The van der Waals surface area contributed by atoms with Gasteiger partial charge < -0.3 is 5.32 Å². The third-order valence-corrected chi connectivity index (χ3v) is 4.17. The molecule has 1 fully saturated rings.